The number of ether oxygens (including phenoxy) is 3. The molecule has 4 aromatic rings. The number of hydrogen-bond donors (Lipinski definition) is 2. The molecule has 1 aliphatic carbocycles. The molecule has 0 saturated carbocycles. The lowest BCUT2D eigenvalue weighted by Gasteiger charge is -2.30. The number of nitrogens with one attached hydrogen (secondary N) is 1. The molecule has 0 spiro atoms. The predicted octanol–water partition coefficient (Wildman–Crippen LogP) is 7.96. The van der Waals surface area contributed by atoms with E-state index in [0.29, 0.717) is 46.0 Å². The van der Waals surface area contributed by atoms with Crippen molar-refractivity contribution in [2.75, 3.05) is 32.8 Å². The average Bonchev–Trinajstić information content (AvgIpc) is 3.60. The molecule has 2 atom stereocenters. The Morgan fingerprint density at radius 3 is 2.52 bits per heavy atom. The van der Waals surface area contributed by atoms with Gasteiger partial charge in [0.05, 0.1) is 28.8 Å². The standard InChI is InChI=1S/C41H46Cl2N4O4.CO2/c1-27-12-15-47(16-13-27)14-5-17-49-38-9-4-8-35(41(38)43)32-6-3-7-34-33(32)10-11-37(34)51-40-20-39(31(19-36(40)42)24-46-28(2)25-48)50-26-30-18-29(21-44)22-45-23-30;2-1-3/h3-4,6-9,18-20,22-23,27-28,37,46,48H,5,10-17,24-26H2,1-2H3;/t28-,37?;/m1./s1. The highest BCUT2D eigenvalue weighted by molar-refractivity contribution is 6.35. The van der Waals surface area contributed by atoms with Gasteiger partial charge < -0.3 is 29.5 Å². The van der Waals surface area contributed by atoms with Gasteiger partial charge in [0.25, 0.3) is 0 Å². The Labute approximate surface area is 327 Å². The first-order chi connectivity index (χ1) is 26.2. The summed E-state index contributed by atoms with van der Waals surface area (Å²) in [5, 5.41) is 23.2. The van der Waals surface area contributed by atoms with Crippen molar-refractivity contribution in [2.45, 2.75) is 71.2 Å². The van der Waals surface area contributed by atoms with E-state index in [1.54, 1.807) is 12.3 Å². The molecule has 1 saturated heterocycles. The summed E-state index contributed by atoms with van der Waals surface area (Å²) in [5.41, 5.74) is 6.40. The monoisotopic (exact) mass is 772 g/mol. The van der Waals surface area contributed by atoms with Crippen LogP contribution in [0.25, 0.3) is 11.1 Å². The number of pyridine rings is 1. The van der Waals surface area contributed by atoms with Crippen molar-refractivity contribution >= 4 is 29.4 Å². The number of fused-ring (bicyclic) bond motifs is 1. The predicted molar refractivity (Wildman–Crippen MR) is 207 cm³/mol. The molecular weight excluding hydrogens is 727 g/mol. The zero-order chi connectivity index (χ0) is 38.5. The second-order valence-corrected chi connectivity index (χ2v) is 14.6. The fourth-order valence-electron chi connectivity index (χ4n) is 6.81. The Morgan fingerprint density at radius 1 is 1.00 bits per heavy atom. The van der Waals surface area contributed by atoms with Crippen LogP contribution in [0.5, 0.6) is 17.2 Å². The molecule has 10 nitrogen and oxygen atoms in total. The zero-order valence-corrected chi connectivity index (χ0v) is 32.2. The number of halogens is 2. The van der Waals surface area contributed by atoms with Gasteiger partial charge in [0, 0.05) is 54.3 Å². The number of aromatic nitrogens is 1. The number of likely N-dealkylation sites (tertiary alicyclic amines) is 1. The summed E-state index contributed by atoms with van der Waals surface area (Å²) in [6.07, 6.45) is 8.37. The molecule has 6 rings (SSSR count). The molecule has 284 valence electrons. The van der Waals surface area contributed by atoms with Crippen molar-refractivity contribution in [3.05, 3.63) is 105 Å². The van der Waals surface area contributed by atoms with Crippen LogP contribution in [0.4, 0.5) is 0 Å². The van der Waals surface area contributed by atoms with Crippen molar-refractivity contribution in [3.8, 4) is 34.4 Å². The van der Waals surface area contributed by atoms with Crippen LogP contribution in [0.3, 0.4) is 0 Å². The fraction of sp³-hybridized carbons (Fsp3) is 0.405. The first-order valence-corrected chi connectivity index (χ1v) is 19.0. The van der Waals surface area contributed by atoms with E-state index in [0.717, 1.165) is 59.5 Å². The minimum absolute atomic E-state index is 0.00168. The van der Waals surface area contributed by atoms with Crippen LogP contribution < -0.4 is 19.5 Å². The van der Waals surface area contributed by atoms with E-state index in [4.69, 9.17) is 47.0 Å². The number of carbonyl (C=O) groups excluding carboxylic acids is 2. The number of hydrogen-bond acceptors (Lipinski definition) is 10. The van der Waals surface area contributed by atoms with E-state index in [9.17, 15) is 10.4 Å². The van der Waals surface area contributed by atoms with Gasteiger partial charge in [0.1, 0.15) is 36.0 Å². The van der Waals surface area contributed by atoms with Crippen molar-refractivity contribution in [2.24, 2.45) is 5.92 Å². The smallest absolute Gasteiger partial charge is 0.373 e. The van der Waals surface area contributed by atoms with Gasteiger partial charge in [0.2, 0.25) is 0 Å². The third kappa shape index (κ3) is 10.8. The van der Waals surface area contributed by atoms with Crippen LogP contribution in [0.15, 0.2) is 67.0 Å². The van der Waals surface area contributed by atoms with E-state index in [1.165, 1.54) is 37.7 Å². The van der Waals surface area contributed by atoms with Crippen LogP contribution in [-0.4, -0.2) is 60.0 Å². The Balaban J connectivity index is 0.00000181. The van der Waals surface area contributed by atoms with Gasteiger partial charge in [0.15, 0.2) is 0 Å². The van der Waals surface area contributed by atoms with Crippen LogP contribution in [-0.2, 0) is 29.2 Å². The summed E-state index contributed by atoms with van der Waals surface area (Å²) in [4.78, 5) is 22.9. The fourth-order valence-corrected chi connectivity index (χ4v) is 7.32. The van der Waals surface area contributed by atoms with Crippen LogP contribution in [0, 0.1) is 17.2 Å². The lowest BCUT2D eigenvalue weighted by atomic mass is 9.96. The van der Waals surface area contributed by atoms with Gasteiger partial charge in [-0.2, -0.15) is 14.9 Å². The number of rotatable bonds is 15. The summed E-state index contributed by atoms with van der Waals surface area (Å²) in [6, 6.07) is 19.7. The second kappa shape index (κ2) is 20.3. The first-order valence-electron chi connectivity index (χ1n) is 18.3. The molecular formula is C42H46Cl2N4O6. The molecule has 2 heterocycles. The number of nitriles is 1. The van der Waals surface area contributed by atoms with Gasteiger partial charge in [-0.3, -0.25) is 4.98 Å². The highest BCUT2D eigenvalue weighted by Gasteiger charge is 2.28. The molecule has 0 radical (unpaired) electrons. The molecule has 2 N–H and O–H groups in total. The molecule has 1 aromatic heterocycles. The van der Waals surface area contributed by atoms with Crippen molar-refractivity contribution in [3.63, 3.8) is 0 Å². The highest BCUT2D eigenvalue weighted by Crippen LogP contribution is 2.45. The van der Waals surface area contributed by atoms with E-state index in [2.05, 4.69) is 52.5 Å². The maximum absolute atomic E-state index is 9.55. The van der Waals surface area contributed by atoms with Gasteiger partial charge >= 0.3 is 6.15 Å². The van der Waals surface area contributed by atoms with E-state index < -0.39 is 0 Å². The van der Waals surface area contributed by atoms with E-state index in [-0.39, 0.29) is 31.5 Å². The molecule has 0 amide bonds. The number of nitrogens with zero attached hydrogens (tertiary/aromatic N) is 3. The minimum atomic E-state index is -0.212. The number of aliphatic hydroxyl groups excluding tert-OH is 1. The third-order valence-electron chi connectivity index (χ3n) is 9.84. The van der Waals surface area contributed by atoms with Gasteiger partial charge in [-0.25, -0.2) is 0 Å². The Morgan fingerprint density at radius 2 is 1.76 bits per heavy atom. The van der Waals surface area contributed by atoms with Gasteiger partial charge in [-0.15, -0.1) is 0 Å². The largest absolute Gasteiger partial charge is 0.492 e. The SMILES string of the molecule is CC1CCN(CCCOc2cccc(-c3cccc4c3CCC4Oc3cc(OCc4cncc(C#N)c4)c(CN[C@H](C)CO)cc3Cl)c2Cl)CC1.O=C=O. The number of aliphatic hydroxyl groups is 1. The first kappa shape index (κ1) is 40.7. The summed E-state index contributed by atoms with van der Waals surface area (Å²) < 4.78 is 19.1. The molecule has 1 unspecified atom stereocenters. The van der Waals surface area contributed by atoms with E-state index in [1.807, 2.05) is 31.2 Å². The Hall–Kier alpha value is -4.46. The van der Waals surface area contributed by atoms with Crippen molar-refractivity contribution in [1.29, 1.82) is 5.26 Å². The zero-order valence-electron chi connectivity index (χ0n) is 30.7. The molecule has 12 heteroatoms. The lowest BCUT2D eigenvalue weighted by Crippen LogP contribution is -2.34. The maximum Gasteiger partial charge on any atom is 0.373 e. The topological polar surface area (TPSA) is 134 Å². The molecule has 0 bridgehead atoms. The van der Waals surface area contributed by atoms with Gasteiger partial charge in [-0.1, -0.05) is 60.5 Å². The Kier molecular flexibility index (Phi) is 15.3. The quantitative estimate of drug-likeness (QED) is 0.115. The van der Waals surface area contributed by atoms with E-state index >= 15 is 0 Å². The van der Waals surface area contributed by atoms with Crippen molar-refractivity contribution in [1.82, 2.24) is 15.2 Å². The second-order valence-electron chi connectivity index (χ2n) is 13.8. The van der Waals surface area contributed by atoms with Crippen LogP contribution in [0.1, 0.15) is 73.5 Å². The van der Waals surface area contributed by atoms with Crippen LogP contribution in [0.2, 0.25) is 10.0 Å². The Bertz CT molecular complexity index is 1940. The molecule has 1 fully saturated rings. The molecule has 2 aliphatic rings. The summed E-state index contributed by atoms with van der Waals surface area (Å²) in [6.45, 7) is 8.91. The highest BCUT2D eigenvalue weighted by atomic mass is 35.5. The van der Waals surface area contributed by atoms with Crippen LogP contribution >= 0.6 is 23.2 Å². The number of benzene rings is 3. The lowest BCUT2D eigenvalue weighted by molar-refractivity contribution is -0.191. The maximum atomic E-state index is 9.55. The molecule has 54 heavy (non-hydrogen) atoms. The minimum Gasteiger partial charge on any atom is -0.492 e. The summed E-state index contributed by atoms with van der Waals surface area (Å²) >= 11 is 13.9. The third-order valence-corrected chi connectivity index (χ3v) is 10.5. The summed E-state index contributed by atoms with van der Waals surface area (Å²) in [7, 11) is 0. The van der Waals surface area contributed by atoms with Gasteiger partial charge in [-0.05, 0) is 92.9 Å². The normalized spacial score (nSPS) is 16.0. The summed E-state index contributed by atoms with van der Waals surface area (Å²) in [5.74, 6) is 2.65. The molecule has 3 aromatic carbocycles. The van der Waals surface area contributed by atoms with Crippen molar-refractivity contribution < 1.29 is 28.9 Å². The number of piperidine rings is 1. The molecule has 1 aliphatic heterocycles. The average molecular weight is 774 g/mol.